The highest BCUT2D eigenvalue weighted by atomic mass is 31.2. The molecule has 1 rings (SSSR count). The molecule has 1 fully saturated rings. The van der Waals surface area contributed by atoms with Crippen molar-refractivity contribution in [2.75, 3.05) is 20.4 Å². The average Bonchev–Trinajstić information content (AvgIpc) is 2.66. The van der Waals surface area contributed by atoms with Crippen LogP contribution in [-0.2, 0) is 18.3 Å². The zero-order chi connectivity index (χ0) is 12.2. The van der Waals surface area contributed by atoms with Gasteiger partial charge in [-0.3, -0.25) is 4.57 Å². The van der Waals surface area contributed by atoms with Crippen molar-refractivity contribution < 1.29 is 23.1 Å². The molecule has 1 amide bonds. The Bertz CT molecular complexity index is 311. The molecule has 1 saturated heterocycles. The minimum absolute atomic E-state index is 0.221. The lowest BCUT2D eigenvalue weighted by Gasteiger charge is -2.17. The van der Waals surface area contributed by atoms with E-state index in [0.29, 0.717) is 6.42 Å². The van der Waals surface area contributed by atoms with Crippen molar-refractivity contribution in [1.82, 2.24) is 5.32 Å². The third kappa shape index (κ3) is 3.07. The van der Waals surface area contributed by atoms with Crippen molar-refractivity contribution in [3.63, 3.8) is 0 Å². The van der Waals surface area contributed by atoms with Gasteiger partial charge in [0.15, 0.2) is 0 Å². The molecule has 0 radical (unpaired) electrons. The zero-order valence-electron chi connectivity index (χ0n) is 9.34. The van der Waals surface area contributed by atoms with Gasteiger partial charge in [-0.05, 0) is 12.5 Å². The van der Waals surface area contributed by atoms with Crippen molar-refractivity contribution in [3.8, 4) is 0 Å². The van der Waals surface area contributed by atoms with Crippen molar-refractivity contribution in [2.24, 2.45) is 0 Å². The van der Waals surface area contributed by atoms with E-state index >= 15 is 0 Å². The standard InChI is InChI=1S/C9H16NO5P/c1-4-8-7(10-9(11)15-8)5-6-16(12,13-2)14-3/h4,7-8H,1,5-6H2,2-3H3,(H,10,11)/t7-,8-/m1/s1. The summed E-state index contributed by atoms with van der Waals surface area (Å²) < 4.78 is 26.3. The maximum absolute atomic E-state index is 11.8. The number of carbonyl (C=O) groups excluding carboxylic acids is 1. The smallest absolute Gasteiger partial charge is 0.408 e. The fraction of sp³-hybridized carbons (Fsp3) is 0.667. The molecule has 7 heteroatoms. The highest BCUT2D eigenvalue weighted by Crippen LogP contribution is 2.47. The van der Waals surface area contributed by atoms with Crippen molar-refractivity contribution >= 4 is 13.7 Å². The number of rotatable bonds is 6. The molecule has 1 aliphatic rings. The summed E-state index contributed by atoms with van der Waals surface area (Å²) in [6, 6.07) is -0.233. The Balaban J connectivity index is 2.51. The van der Waals surface area contributed by atoms with E-state index in [4.69, 9.17) is 13.8 Å². The molecule has 0 unspecified atom stereocenters. The number of hydrogen-bond acceptors (Lipinski definition) is 5. The molecule has 1 aliphatic heterocycles. The van der Waals surface area contributed by atoms with Crippen LogP contribution in [0.2, 0.25) is 0 Å². The van der Waals surface area contributed by atoms with E-state index < -0.39 is 19.8 Å². The Morgan fingerprint density at radius 3 is 2.69 bits per heavy atom. The van der Waals surface area contributed by atoms with E-state index in [-0.39, 0.29) is 12.2 Å². The summed E-state index contributed by atoms with van der Waals surface area (Å²) in [6.07, 6.45) is 1.32. The summed E-state index contributed by atoms with van der Waals surface area (Å²) in [5.74, 6) is 0. The van der Waals surface area contributed by atoms with Gasteiger partial charge in [-0.1, -0.05) is 6.58 Å². The van der Waals surface area contributed by atoms with Gasteiger partial charge in [0.1, 0.15) is 6.10 Å². The van der Waals surface area contributed by atoms with E-state index in [1.54, 1.807) is 0 Å². The molecule has 0 spiro atoms. The summed E-state index contributed by atoms with van der Waals surface area (Å²) in [5.41, 5.74) is 0. The zero-order valence-corrected chi connectivity index (χ0v) is 10.2. The molecular formula is C9H16NO5P. The summed E-state index contributed by atoms with van der Waals surface area (Å²) in [7, 11) is -0.367. The highest BCUT2D eigenvalue weighted by molar-refractivity contribution is 7.53. The summed E-state index contributed by atoms with van der Waals surface area (Å²) in [6.45, 7) is 3.56. The number of amides is 1. The van der Waals surface area contributed by atoms with Crippen LogP contribution >= 0.6 is 7.60 Å². The van der Waals surface area contributed by atoms with Crippen LogP contribution in [0, 0.1) is 0 Å². The first kappa shape index (κ1) is 13.2. The number of ether oxygens (including phenoxy) is 1. The second-order valence-electron chi connectivity index (χ2n) is 3.34. The number of alkyl carbamates (subject to hydrolysis) is 1. The Labute approximate surface area is 94.5 Å². The lowest BCUT2D eigenvalue weighted by molar-refractivity contribution is 0.153. The number of cyclic esters (lactones) is 1. The molecule has 1 heterocycles. The number of carbonyl (C=O) groups is 1. The number of nitrogens with one attached hydrogen (secondary N) is 1. The maximum atomic E-state index is 11.8. The van der Waals surface area contributed by atoms with Crippen molar-refractivity contribution in [3.05, 3.63) is 12.7 Å². The lowest BCUT2D eigenvalue weighted by atomic mass is 10.1. The molecule has 0 aromatic heterocycles. The predicted octanol–water partition coefficient (Wildman–Crippen LogP) is 1.53. The third-order valence-corrected chi connectivity index (χ3v) is 4.36. The van der Waals surface area contributed by atoms with Gasteiger partial charge < -0.3 is 19.1 Å². The largest absolute Gasteiger partial charge is 0.440 e. The first-order chi connectivity index (χ1) is 7.54. The molecule has 0 aliphatic carbocycles. The van der Waals surface area contributed by atoms with Gasteiger partial charge in [0, 0.05) is 14.2 Å². The molecule has 0 bridgehead atoms. The lowest BCUT2D eigenvalue weighted by Crippen LogP contribution is -2.31. The molecular weight excluding hydrogens is 233 g/mol. The van der Waals surface area contributed by atoms with E-state index in [0.717, 1.165) is 0 Å². The fourth-order valence-electron chi connectivity index (χ4n) is 1.48. The van der Waals surface area contributed by atoms with Crippen LogP contribution in [-0.4, -0.2) is 38.6 Å². The van der Waals surface area contributed by atoms with E-state index in [9.17, 15) is 9.36 Å². The van der Waals surface area contributed by atoms with E-state index in [2.05, 4.69) is 11.9 Å². The van der Waals surface area contributed by atoms with Crippen molar-refractivity contribution in [2.45, 2.75) is 18.6 Å². The Hall–Kier alpha value is -0.840. The minimum Gasteiger partial charge on any atom is -0.440 e. The molecule has 0 aromatic carbocycles. The molecule has 2 atom stereocenters. The van der Waals surface area contributed by atoms with E-state index in [1.165, 1.54) is 20.3 Å². The SMILES string of the molecule is C=C[C@H]1OC(=O)N[C@@H]1CCP(=O)(OC)OC. The van der Waals surface area contributed by atoms with Gasteiger partial charge in [0.2, 0.25) is 0 Å². The van der Waals surface area contributed by atoms with Gasteiger partial charge in [-0.15, -0.1) is 0 Å². The molecule has 16 heavy (non-hydrogen) atoms. The molecule has 0 aromatic rings. The number of hydrogen-bond donors (Lipinski definition) is 1. The van der Waals surface area contributed by atoms with Crippen LogP contribution in [0.4, 0.5) is 4.79 Å². The highest BCUT2D eigenvalue weighted by Gasteiger charge is 2.34. The second kappa shape index (κ2) is 5.48. The van der Waals surface area contributed by atoms with Crippen LogP contribution < -0.4 is 5.32 Å². The van der Waals surface area contributed by atoms with Crippen LogP contribution in [0.3, 0.4) is 0 Å². The minimum atomic E-state index is -3.03. The fourth-order valence-corrected chi connectivity index (χ4v) is 2.58. The maximum Gasteiger partial charge on any atom is 0.408 e. The van der Waals surface area contributed by atoms with E-state index in [1.807, 2.05) is 0 Å². The summed E-state index contributed by atoms with van der Waals surface area (Å²) in [5, 5.41) is 2.61. The van der Waals surface area contributed by atoms with Gasteiger partial charge in [0.05, 0.1) is 12.2 Å². The quantitative estimate of drug-likeness (QED) is 0.570. The van der Waals surface area contributed by atoms with Crippen LogP contribution in [0.5, 0.6) is 0 Å². The van der Waals surface area contributed by atoms with Gasteiger partial charge in [-0.2, -0.15) is 0 Å². The molecule has 6 nitrogen and oxygen atoms in total. The normalized spacial score (nSPS) is 25.0. The molecule has 1 N–H and O–H groups in total. The van der Waals surface area contributed by atoms with Crippen LogP contribution in [0.1, 0.15) is 6.42 Å². The third-order valence-electron chi connectivity index (χ3n) is 2.45. The summed E-state index contributed by atoms with van der Waals surface area (Å²) in [4.78, 5) is 11.0. The molecule has 0 saturated carbocycles. The Morgan fingerprint density at radius 1 is 1.56 bits per heavy atom. The Morgan fingerprint density at radius 2 is 2.19 bits per heavy atom. The topological polar surface area (TPSA) is 73.9 Å². The van der Waals surface area contributed by atoms with Gasteiger partial charge in [-0.25, -0.2) is 4.79 Å². The monoisotopic (exact) mass is 249 g/mol. The predicted molar refractivity (Wildman–Crippen MR) is 58.5 cm³/mol. The van der Waals surface area contributed by atoms with Crippen LogP contribution in [0.15, 0.2) is 12.7 Å². The average molecular weight is 249 g/mol. The molecule has 92 valence electrons. The summed E-state index contributed by atoms with van der Waals surface area (Å²) >= 11 is 0. The first-order valence-electron chi connectivity index (χ1n) is 4.85. The van der Waals surface area contributed by atoms with Gasteiger partial charge in [0.25, 0.3) is 0 Å². The Kier molecular flexibility index (Phi) is 4.53. The second-order valence-corrected chi connectivity index (χ2v) is 5.74. The van der Waals surface area contributed by atoms with Gasteiger partial charge >= 0.3 is 13.7 Å². The van der Waals surface area contributed by atoms with Crippen LogP contribution in [0.25, 0.3) is 0 Å². The first-order valence-corrected chi connectivity index (χ1v) is 6.57. The van der Waals surface area contributed by atoms with Crippen molar-refractivity contribution in [1.29, 1.82) is 0 Å².